The first-order chi connectivity index (χ1) is 9.97. The number of amides is 1. The summed E-state index contributed by atoms with van der Waals surface area (Å²) in [6.07, 6.45) is 0.0173. The maximum Gasteiger partial charge on any atom is 0.257 e. The Bertz CT molecular complexity index is 656. The van der Waals surface area contributed by atoms with Crippen molar-refractivity contribution in [2.24, 2.45) is 0 Å². The molecule has 0 saturated heterocycles. The van der Waals surface area contributed by atoms with Crippen LogP contribution in [0.3, 0.4) is 0 Å². The molecular formula is C16H17ClN2O2. The van der Waals surface area contributed by atoms with Crippen LogP contribution in [-0.2, 0) is 0 Å². The van der Waals surface area contributed by atoms with Gasteiger partial charge in [-0.1, -0.05) is 23.7 Å². The number of rotatable bonds is 4. The van der Waals surface area contributed by atoms with E-state index in [0.29, 0.717) is 27.7 Å². The van der Waals surface area contributed by atoms with Gasteiger partial charge < -0.3 is 15.8 Å². The van der Waals surface area contributed by atoms with Crippen LogP contribution in [0.15, 0.2) is 42.5 Å². The number of para-hydroxylation sites is 2. The quantitative estimate of drug-likeness (QED) is 0.840. The Hall–Kier alpha value is -2.20. The molecule has 2 aromatic carbocycles. The summed E-state index contributed by atoms with van der Waals surface area (Å²) < 4.78 is 5.66. The average molecular weight is 305 g/mol. The Morgan fingerprint density at radius 1 is 1.24 bits per heavy atom. The van der Waals surface area contributed by atoms with Crippen molar-refractivity contribution >= 4 is 28.9 Å². The molecule has 1 amide bonds. The summed E-state index contributed by atoms with van der Waals surface area (Å²) in [5, 5.41) is 3.30. The lowest BCUT2D eigenvalue weighted by Crippen LogP contribution is -2.15. The molecule has 0 saturated carbocycles. The van der Waals surface area contributed by atoms with Crippen molar-refractivity contribution in [2.75, 3.05) is 11.1 Å². The second-order valence-corrected chi connectivity index (χ2v) is 5.28. The number of nitrogens with one attached hydrogen (secondary N) is 1. The first-order valence-corrected chi connectivity index (χ1v) is 6.97. The number of ether oxygens (including phenoxy) is 1. The van der Waals surface area contributed by atoms with Crippen molar-refractivity contribution in [3.8, 4) is 5.75 Å². The molecule has 4 nitrogen and oxygen atoms in total. The van der Waals surface area contributed by atoms with Gasteiger partial charge in [0.1, 0.15) is 5.75 Å². The number of halogens is 1. The third-order valence-corrected chi connectivity index (χ3v) is 2.99. The van der Waals surface area contributed by atoms with Gasteiger partial charge in [-0.15, -0.1) is 0 Å². The fourth-order valence-corrected chi connectivity index (χ4v) is 2.04. The molecule has 0 fully saturated rings. The zero-order chi connectivity index (χ0) is 15.4. The molecule has 0 aromatic heterocycles. The molecule has 21 heavy (non-hydrogen) atoms. The summed E-state index contributed by atoms with van der Waals surface area (Å²) in [7, 11) is 0. The van der Waals surface area contributed by atoms with Gasteiger partial charge >= 0.3 is 0 Å². The zero-order valence-corrected chi connectivity index (χ0v) is 12.6. The number of nitrogens with two attached hydrogens (primary N) is 1. The topological polar surface area (TPSA) is 64.3 Å². The predicted octanol–water partition coefficient (Wildman–Crippen LogP) is 3.96. The van der Waals surface area contributed by atoms with Gasteiger partial charge in [0.2, 0.25) is 0 Å². The van der Waals surface area contributed by atoms with Gasteiger partial charge in [0.15, 0.2) is 0 Å². The molecule has 2 rings (SSSR count). The van der Waals surface area contributed by atoms with Gasteiger partial charge in [-0.25, -0.2) is 0 Å². The van der Waals surface area contributed by atoms with E-state index in [1.807, 2.05) is 26.0 Å². The van der Waals surface area contributed by atoms with Crippen LogP contribution in [0.25, 0.3) is 0 Å². The minimum atomic E-state index is -0.302. The third-order valence-electron chi connectivity index (χ3n) is 2.76. The predicted molar refractivity (Wildman–Crippen MR) is 86.0 cm³/mol. The summed E-state index contributed by atoms with van der Waals surface area (Å²) in [5.41, 5.74) is 7.13. The summed E-state index contributed by atoms with van der Waals surface area (Å²) >= 11 is 5.83. The third kappa shape index (κ3) is 3.89. The van der Waals surface area contributed by atoms with Gasteiger partial charge in [-0.2, -0.15) is 0 Å². The van der Waals surface area contributed by atoms with Crippen LogP contribution in [0.5, 0.6) is 5.75 Å². The molecular weight excluding hydrogens is 288 g/mol. The molecule has 0 aliphatic rings. The van der Waals surface area contributed by atoms with Crippen LogP contribution in [0.4, 0.5) is 11.4 Å². The molecule has 2 aromatic rings. The van der Waals surface area contributed by atoms with Crippen molar-refractivity contribution in [1.82, 2.24) is 0 Å². The molecule has 0 aliphatic carbocycles. The number of benzene rings is 2. The monoisotopic (exact) mass is 304 g/mol. The highest BCUT2D eigenvalue weighted by atomic mass is 35.5. The second kappa shape index (κ2) is 6.50. The van der Waals surface area contributed by atoms with Crippen molar-refractivity contribution < 1.29 is 9.53 Å². The number of nitrogen functional groups attached to an aromatic ring is 1. The fourth-order valence-electron chi connectivity index (χ4n) is 1.86. The van der Waals surface area contributed by atoms with Crippen LogP contribution in [0, 0.1) is 0 Å². The van der Waals surface area contributed by atoms with Crippen LogP contribution < -0.4 is 15.8 Å². The van der Waals surface area contributed by atoms with Crippen molar-refractivity contribution in [1.29, 1.82) is 0 Å². The molecule has 0 unspecified atom stereocenters. The van der Waals surface area contributed by atoms with E-state index in [-0.39, 0.29) is 12.0 Å². The lowest BCUT2D eigenvalue weighted by Gasteiger charge is -2.15. The largest absolute Gasteiger partial charge is 0.489 e. The van der Waals surface area contributed by atoms with Gasteiger partial charge in [0.25, 0.3) is 5.91 Å². The summed E-state index contributed by atoms with van der Waals surface area (Å²) in [5.74, 6) is 0.317. The number of hydrogen-bond donors (Lipinski definition) is 2. The number of carbonyl (C=O) groups is 1. The van der Waals surface area contributed by atoms with E-state index >= 15 is 0 Å². The van der Waals surface area contributed by atoms with E-state index in [1.165, 1.54) is 0 Å². The molecule has 0 atom stereocenters. The summed E-state index contributed by atoms with van der Waals surface area (Å²) in [6, 6.07) is 12.0. The Morgan fingerprint density at radius 3 is 2.62 bits per heavy atom. The highest BCUT2D eigenvalue weighted by Crippen LogP contribution is 2.26. The SMILES string of the molecule is CC(C)Oc1ccccc1NC(=O)c1ccc(Cl)cc1N. The van der Waals surface area contributed by atoms with Crippen LogP contribution in [-0.4, -0.2) is 12.0 Å². The number of anilines is 2. The van der Waals surface area contributed by atoms with Gasteiger partial charge in [0, 0.05) is 10.7 Å². The maximum atomic E-state index is 12.3. The average Bonchev–Trinajstić information content (AvgIpc) is 2.40. The minimum Gasteiger partial charge on any atom is -0.489 e. The fraction of sp³-hybridized carbons (Fsp3) is 0.188. The van der Waals surface area contributed by atoms with Crippen molar-refractivity contribution in [3.63, 3.8) is 0 Å². The van der Waals surface area contributed by atoms with Gasteiger partial charge in [0.05, 0.1) is 17.4 Å². The number of carbonyl (C=O) groups excluding carboxylic acids is 1. The normalized spacial score (nSPS) is 10.5. The number of hydrogen-bond acceptors (Lipinski definition) is 3. The standard InChI is InChI=1S/C16H17ClN2O2/c1-10(2)21-15-6-4-3-5-14(15)19-16(20)12-8-7-11(17)9-13(12)18/h3-10H,18H2,1-2H3,(H,19,20). The molecule has 0 bridgehead atoms. The second-order valence-electron chi connectivity index (χ2n) is 4.85. The molecule has 0 spiro atoms. The molecule has 110 valence electrons. The van der Waals surface area contributed by atoms with E-state index in [2.05, 4.69) is 5.32 Å². The Labute approximate surface area is 128 Å². The van der Waals surface area contributed by atoms with Crippen LogP contribution in [0.2, 0.25) is 5.02 Å². The summed E-state index contributed by atoms with van der Waals surface area (Å²) in [6.45, 7) is 3.85. The molecule has 0 aliphatic heterocycles. The van der Waals surface area contributed by atoms with Gasteiger partial charge in [-0.3, -0.25) is 4.79 Å². The maximum absolute atomic E-state index is 12.3. The Balaban J connectivity index is 2.23. The van der Waals surface area contributed by atoms with Crippen molar-refractivity contribution in [2.45, 2.75) is 20.0 Å². The molecule has 5 heteroatoms. The van der Waals surface area contributed by atoms with E-state index in [9.17, 15) is 4.79 Å². The first-order valence-electron chi connectivity index (χ1n) is 6.59. The smallest absolute Gasteiger partial charge is 0.257 e. The summed E-state index contributed by atoms with van der Waals surface area (Å²) in [4.78, 5) is 12.3. The Morgan fingerprint density at radius 2 is 1.95 bits per heavy atom. The highest BCUT2D eigenvalue weighted by molar-refractivity contribution is 6.31. The van der Waals surface area contributed by atoms with E-state index in [1.54, 1.807) is 30.3 Å². The lowest BCUT2D eigenvalue weighted by molar-refractivity contribution is 0.102. The van der Waals surface area contributed by atoms with Gasteiger partial charge in [-0.05, 0) is 44.2 Å². The highest BCUT2D eigenvalue weighted by Gasteiger charge is 2.13. The van der Waals surface area contributed by atoms with E-state index in [4.69, 9.17) is 22.1 Å². The van der Waals surface area contributed by atoms with Crippen LogP contribution in [0.1, 0.15) is 24.2 Å². The zero-order valence-electron chi connectivity index (χ0n) is 11.9. The van der Waals surface area contributed by atoms with Crippen molar-refractivity contribution in [3.05, 3.63) is 53.1 Å². The molecule has 0 heterocycles. The van der Waals surface area contributed by atoms with E-state index in [0.717, 1.165) is 0 Å². The first kappa shape index (κ1) is 15.2. The minimum absolute atomic E-state index is 0.0173. The molecule has 0 radical (unpaired) electrons. The Kier molecular flexibility index (Phi) is 4.70. The van der Waals surface area contributed by atoms with E-state index < -0.39 is 0 Å². The molecule has 3 N–H and O–H groups in total. The lowest BCUT2D eigenvalue weighted by atomic mass is 10.1. The van der Waals surface area contributed by atoms with Crippen LogP contribution >= 0.6 is 11.6 Å².